The normalized spacial score (nSPS) is 10.4. The van der Waals surface area contributed by atoms with Crippen LogP contribution in [-0.4, -0.2) is 22.4 Å². The summed E-state index contributed by atoms with van der Waals surface area (Å²) in [6, 6.07) is 4.90. The SMILES string of the molecule is COc1cc(-c2cc(N)n[nH]2)c(O)cc1Br. The highest BCUT2D eigenvalue weighted by atomic mass is 79.9. The van der Waals surface area contributed by atoms with Crippen LogP contribution in [0.25, 0.3) is 11.3 Å². The lowest BCUT2D eigenvalue weighted by molar-refractivity contribution is 0.410. The Morgan fingerprint density at radius 3 is 2.75 bits per heavy atom. The predicted octanol–water partition coefficient (Wildman–Crippen LogP) is 2.14. The molecule has 1 aromatic carbocycles. The molecule has 0 aliphatic carbocycles. The van der Waals surface area contributed by atoms with Gasteiger partial charge in [-0.3, -0.25) is 5.10 Å². The van der Waals surface area contributed by atoms with Gasteiger partial charge in [-0.15, -0.1) is 0 Å². The monoisotopic (exact) mass is 283 g/mol. The number of aromatic hydroxyl groups is 1. The number of nitrogens with zero attached hydrogens (tertiary/aromatic N) is 1. The van der Waals surface area contributed by atoms with Crippen LogP contribution in [0.15, 0.2) is 22.7 Å². The summed E-state index contributed by atoms with van der Waals surface area (Å²) in [6.07, 6.45) is 0. The Bertz CT molecular complexity index is 525. The third-order valence-corrected chi connectivity index (χ3v) is 2.78. The summed E-state index contributed by atoms with van der Waals surface area (Å²) in [4.78, 5) is 0. The van der Waals surface area contributed by atoms with E-state index in [9.17, 15) is 5.11 Å². The first-order chi connectivity index (χ1) is 7.61. The van der Waals surface area contributed by atoms with Gasteiger partial charge in [0.05, 0.1) is 17.3 Å². The molecule has 0 fully saturated rings. The molecule has 5 nitrogen and oxygen atoms in total. The molecule has 16 heavy (non-hydrogen) atoms. The number of H-pyrrole nitrogens is 1. The lowest BCUT2D eigenvalue weighted by Gasteiger charge is -2.07. The molecular formula is C10H10BrN3O2. The van der Waals surface area contributed by atoms with Crippen LogP contribution in [0.2, 0.25) is 0 Å². The highest BCUT2D eigenvalue weighted by Gasteiger charge is 2.11. The molecule has 0 spiro atoms. The van der Waals surface area contributed by atoms with Gasteiger partial charge in [-0.05, 0) is 28.1 Å². The minimum Gasteiger partial charge on any atom is -0.507 e. The van der Waals surface area contributed by atoms with Crippen molar-refractivity contribution < 1.29 is 9.84 Å². The molecule has 0 aliphatic rings. The molecule has 0 aliphatic heterocycles. The average molecular weight is 284 g/mol. The summed E-state index contributed by atoms with van der Waals surface area (Å²) in [6.45, 7) is 0. The van der Waals surface area contributed by atoms with Gasteiger partial charge in [0.2, 0.25) is 0 Å². The Balaban J connectivity index is 2.56. The van der Waals surface area contributed by atoms with Gasteiger partial charge in [-0.1, -0.05) is 0 Å². The number of rotatable bonds is 2. The second-order valence-corrected chi connectivity index (χ2v) is 4.06. The Morgan fingerprint density at radius 2 is 2.19 bits per heavy atom. The molecule has 0 unspecified atom stereocenters. The third kappa shape index (κ3) is 1.83. The molecule has 0 amide bonds. The lowest BCUT2D eigenvalue weighted by atomic mass is 10.1. The summed E-state index contributed by atoms with van der Waals surface area (Å²) in [5.41, 5.74) is 6.73. The van der Waals surface area contributed by atoms with Gasteiger partial charge in [0.15, 0.2) is 0 Å². The predicted molar refractivity (Wildman–Crippen MR) is 64.4 cm³/mol. The van der Waals surface area contributed by atoms with Crippen molar-refractivity contribution >= 4 is 21.7 Å². The quantitative estimate of drug-likeness (QED) is 0.788. The van der Waals surface area contributed by atoms with E-state index in [0.29, 0.717) is 27.3 Å². The van der Waals surface area contributed by atoms with Crippen molar-refractivity contribution in [3.05, 3.63) is 22.7 Å². The molecule has 84 valence electrons. The first-order valence-electron chi connectivity index (χ1n) is 4.49. The number of nitrogens with one attached hydrogen (secondary N) is 1. The number of phenolic OH excluding ortho intramolecular Hbond substituents is 1. The van der Waals surface area contributed by atoms with Crippen LogP contribution >= 0.6 is 15.9 Å². The molecule has 4 N–H and O–H groups in total. The molecule has 2 rings (SSSR count). The number of ether oxygens (including phenoxy) is 1. The van der Waals surface area contributed by atoms with Crippen molar-refractivity contribution in [2.75, 3.05) is 12.8 Å². The maximum atomic E-state index is 9.80. The molecule has 1 aromatic heterocycles. The Kier molecular flexibility index (Phi) is 2.74. The van der Waals surface area contributed by atoms with E-state index in [1.54, 1.807) is 25.3 Å². The van der Waals surface area contributed by atoms with Crippen LogP contribution in [-0.2, 0) is 0 Å². The zero-order chi connectivity index (χ0) is 11.7. The fourth-order valence-corrected chi connectivity index (χ4v) is 1.88. The number of phenols is 1. The van der Waals surface area contributed by atoms with Crippen LogP contribution in [0, 0.1) is 0 Å². The van der Waals surface area contributed by atoms with Crippen LogP contribution in [0.5, 0.6) is 11.5 Å². The molecule has 0 saturated carbocycles. The van der Waals surface area contributed by atoms with Gasteiger partial charge in [-0.25, -0.2) is 0 Å². The number of hydrogen-bond donors (Lipinski definition) is 3. The van der Waals surface area contributed by atoms with Crippen LogP contribution < -0.4 is 10.5 Å². The number of anilines is 1. The minimum atomic E-state index is 0.122. The van der Waals surface area contributed by atoms with Gasteiger partial charge < -0.3 is 15.6 Å². The van der Waals surface area contributed by atoms with Gasteiger partial charge in [0.25, 0.3) is 0 Å². The van der Waals surface area contributed by atoms with Crippen LogP contribution in [0.3, 0.4) is 0 Å². The molecule has 6 heteroatoms. The van der Waals surface area contributed by atoms with Crippen molar-refractivity contribution in [2.45, 2.75) is 0 Å². The number of halogens is 1. The maximum absolute atomic E-state index is 9.80. The number of nitrogens with two attached hydrogens (primary N) is 1. The fourth-order valence-electron chi connectivity index (χ4n) is 1.39. The van der Waals surface area contributed by atoms with E-state index in [4.69, 9.17) is 10.5 Å². The average Bonchev–Trinajstić information content (AvgIpc) is 2.65. The summed E-state index contributed by atoms with van der Waals surface area (Å²) in [7, 11) is 1.56. The standard InChI is InChI=1S/C10H10BrN3O2/c1-16-9-2-5(8(15)3-6(9)11)7-4-10(12)14-13-7/h2-4,15H,1H3,(H3,12,13,14). The minimum absolute atomic E-state index is 0.122. The highest BCUT2D eigenvalue weighted by Crippen LogP contribution is 2.37. The van der Waals surface area contributed by atoms with Gasteiger partial charge >= 0.3 is 0 Å². The Morgan fingerprint density at radius 1 is 1.44 bits per heavy atom. The van der Waals surface area contributed by atoms with Gasteiger partial charge in [-0.2, -0.15) is 5.10 Å². The zero-order valence-electron chi connectivity index (χ0n) is 8.49. The summed E-state index contributed by atoms with van der Waals surface area (Å²) in [5, 5.41) is 16.3. The van der Waals surface area contributed by atoms with E-state index in [1.807, 2.05) is 0 Å². The third-order valence-electron chi connectivity index (χ3n) is 2.16. The van der Waals surface area contributed by atoms with Crippen LogP contribution in [0.4, 0.5) is 5.82 Å². The topological polar surface area (TPSA) is 84.2 Å². The zero-order valence-corrected chi connectivity index (χ0v) is 10.1. The van der Waals surface area contributed by atoms with Crippen molar-refractivity contribution in [2.24, 2.45) is 0 Å². The van der Waals surface area contributed by atoms with Crippen molar-refractivity contribution in [1.82, 2.24) is 10.2 Å². The number of benzene rings is 1. The molecule has 2 aromatic rings. The fraction of sp³-hybridized carbons (Fsp3) is 0.100. The van der Waals surface area contributed by atoms with Gasteiger partial charge in [0.1, 0.15) is 17.3 Å². The molecule has 0 atom stereocenters. The summed E-state index contributed by atoms with van der Waals surface area (Å²) in [5.74, 6) is 1.12. The van der Waals surface area contributed by atoms with E-state index >= 15 is 0 Å². The first-order valence-corrected chi connectivity index (χ1v) is 5.29. The first kappa shape index (κ1) is 10.8. The molecule has 0 saturated heterocycles. The van der Waals surface area contributed by atoms with Crippen molar-refractivity contribution in [1.29, 1.82) is 0 Å². The Hall–Kier alpha value is -1.69. The summed E-state index contributed by atoms with van der Waals surface area (Å²) >= 11 is 3.28. The maximum Gasteiger partial charge on any atom is 0.145 e. The lowest BCUT2D eigenvalue weighted by Crippen LogP contribution is -1.87. The Labute approximate surface area is 100 Å². The van der Waals surface area contributed by atoms with Crippen molar-refractivity contribution in [3.8, 4) is 22.8 Å². The van der Waals surface area contributed by atoms with Crippen LogP contribution in [0.1, 0.15) is 0 Å². The van der Waals surface area contributed by atoms with Crippen molar-refractivity contribution in [3.63, 3.8) is 0 Å². The molecule has 1 heterocycles. The van der Waals surface area contributed by atoms with E-state index in [-0.39, 0.29) is 5.75 Å². The van der Waals surface area contributed by atoms with E-state index in [2.05, 4.69) is 26.1 Å². The second-order valence-electron chi connectivity index (χ2n) is 3.21. The molecule has 0 radical (unpaired) electrons. The summed E-state index contributed by atoms with van der Waals surface area (Å²) < 4.78 is 5.83. The second kappa shape index (κ2) is 4.05. The molecule has 0 bridgehead atoms. The number of hydrogen-bond acceptors (Lipinski definition) is 4. The number of aromatic nitrogens is 2. The highest BCUT2D eigenvalue weighted by molar-refractivity contribution is 9.10. The molecular weight excluding hydrogens is 274 g/mol. The number of methoxy groups -OCH3 is 1. The van der Waals surface area contributed by atoms with Gasteiger partial charge in [0, 0.05) is 11.6 Å². The number of aromatic amines is 1. The largest absolute Gasteiger partial charge is 0.507 e. The number of nitrogen functional groups attached to an aromatic ring is 1. The van der Waals surface area contributed by atoms with E-state index < -0.39 is 0 Å². The van der Waals surface area contributed by atoms with E-state index in [0.717, 1.165) is 0 Å². The smallest absolute Gasteiger partial charge is 0.145 e. The van der Waals surface area contributed by atoms with E-state index in [1.165, 1.54) is 0 Å².